The predicted molar refractivity (Wildman–Crippen MR) is 83.2 cm³/mol. The number of hydrogen-bond acceptors (Lipinski definition) is 5. The van der Waals surface area contributed by atoms with Crippen LogP contribution in [0.1, 0.15) is 12.8 Å². The summed E-state index contributed by atoms with van der Waals surface area (Å²) in [5.41, 5.74) is 0.962. The highest BCUT2D eigenvalue weighted by molar-refractivity contribution is 5.53. The van der Waals surface area contributed by atoms with E-state index in [0.29, 0.717) is 17.8 Å². The van der Waals surface area contributed by atoms with Crippen LogP contribution in [0.15, 0.2) is 34.9 Å². The minimum atomic E-state index is 0.584. The van der Waals surface area contributed by atoms with Gasteiger partial charge in [-0.15, -0.1) is 0 Å². The van der Waals surface area contributed by atoms with Crippen molar-refractivity contribution < 1.29 is 4.52 Å². The Morgan fingerprint density at radius 3 is 2.67 bits per heavy atom. The van der Waals surface area contributed by atoms with E-state index in [1.807, 2.05) is 37.4 Å². The molecule has 2 aromatic rings. The largest absolute Gasteiger partial charge is 0.341 e. The Labute approximate surface area is 125 Å². The molecule has 1 aromatic heterocycles. The number of anilines is 1. The molecule has 1 aliphatic heterocycles. The Morgan fingerprint density at radius 2 is 1.95 bits per heavy atom. The van der Waals surface area contributed by atoms with Gasteiger partial charge in [0.25, 0.3) is 11.8 Å². The number of benzene rings is 1. The second-order valence-corrected chi connectivity index (χ2v) is 5.89. The fraction of sp³-hybridized carbons (Fsp3) is 0.500. The minimum absolute atomic E-state index is 0.584. The van der Waals surface area contributed by atoms with Crippen molar-refractivity contribution in [3.05, 3.63) is 30.3 Å². The number of rotatable bonds is 4. The third-order valence-electron chi connectivity index (χ3n) is 4.15. The molecule has 1 aliphatic rings. The van der Waals surface area contributed by atoms with Crippen LogP contribution in [0.4, 0.5) is 5.95 Å². The predicted octanol–water partition coefficient (Wildman–Crippen LogP) is 2.51. The van der Waals surface area contributed by atoms with Crippen molar-refractivity contribution in [2.45, 2.75) is 12.8 Å². The topological polar surface area (TPSA) is 45.4 Å². The lowest BCUT2D eigenvalue weighted by atomic mass is 9.97. The normalized spacial score (nSPS) is 17.0. The summed E-state index contributed by atoms with van der Waals surface area (Å²) in [6.45, 7) is 3.35. The van der Waals surface area contributed by atoms with Crippen molar-refractivity contribution >= 4 is 5.95 Å². The number of piperidine rings is 1. The Hall–Kier alpha value is -1.88. The molecular weight excluding hydrogens is 264 g/mol. The lowest BCUT2D eigenvalue weighted by Crippen LogP contribution is -2.36. The molecule has 3 rings (SSSR count). The molecule has 0 atom stereocenters. The first-order chi connectivity index (χ1) is 10.2. The van der Waals surface area contributed by atoms with E-state index < -0.39 is 0 Å². The Balaban J connectivity index is 1.63. The van der Waals surface area contributed by atoms with Gasteiger partial charge in [0.2, 0.25) is 0 Å². The molecule has 0 unspecified atom stereocenters. The van der Waals surface area contributed by atoms with Crippen LogP contribution >= 0.6 is 0 Å². The van der Waals surface area contributed by atoms with E-state index in [2.05, 4.69) is 27.0 Å². The maximum absolute atomic E-state index is 5.37. The van der Waals surface area contributed by atoms with E-state index in [0.717, 1.165) is 12.1 Å². The number of nitrogens with zero attached hydrogens (tertiary/aromatic N) is 4. The van der Waals surface area contributed by atoms with E-state index >= 15 is 0 Å². The van der Waals surface area contributed by atoms with E-state index in [-0.39, 0.29) is 0 Å². The molecule has 0 aliphatic carbocycles. The van der Waals surface area contributed by atoms with E-state index in [1.54, 1.807) is 0 Å². The third kappa shape index (κ3) is 3.42. The molecule has 0 N–H and O–H groups in total. The molecule has 21 heavy (non-hydrogen) atoms. The second kappa shape index (κ2) is 6.26. The maximum atomic E-state index is 5.37. The Bertz CT molecular complexity index is 561. The smallest absolute Gasteiger partial charge is 0.266 e. The first kappa shape index (κ1) is 14.1. The van der Waals surface area contributed by atoms with Crippen molar-refractivity contribution in [3.8, 4) is 11.5 Å². The van der Waals surface area contributed by atoms with Crippen molar-refractivity contribution in [1.82, 2.24) is 15.0 Å². The van der Waals surface area contributed by atoms with Gasteiger partial charge < -0.3 is 14.3 Å². The lowest BCUT2D eigenvalue weighted by Gasteiger charge is -2.31. The fourth-order valence-electron chi connectivity index (χ4n) is 2.78. The number of hydrogen-bond donors (Lipinski definition) is 0. The van der Waals surface area contributed by atoms with Gasteiger partial charge in [0, 0.05) is 19.2 Å². The van der Waals surface area contributed by atoms with Crippen LogP contribution in [0.5, 0.6) is 0 Å². The summed E-state index contributed by atoms with van der Waals surface area (Å²) in [4.78, 5) is 8.99. The van der Waals surface area contributed by atoms with Crippen LogP contribution in [-0.2, 0) is 0 Å². The number of likely N-dealkylation sites (tertiary alicyclic amines) is 1. The van der Waals surface area contributed by atoms with Gasteiger partial charge in [0.1, 0.15) is 0 Å². The van der Waals surface area contributed by atoms with Crippen LogP contribution < -0.4 is 4.90 Å². The molecule has 0 saturated carbocycles. The Morgan fingerprint density at radius 1 is 1.24 bits per heavy atom. The monoisotopic (exact) mass is 286 g/mol. The molecule has 1 aromatic carbocycles. The second-order valence-electron chi connectivity index (χ2n) is 5.89. The summed E-state index contributed by atoms with van der Waals surface area (Å²) in [5, 5.41) is 4.10. The first-order valence-electron chi connectivity index (χ1n) is 7.51. The summed E-state index contributed by atoms with van der Waals surface area (Å²) in [5.74, 6) is 1.97. The average molecular weight is 286 g/mol. The van der Waals surface area contributed by atoms with Crippen LogP contribution in [0.2, 0.25) is 0 Å². The fourth-order valence-corrected chi connectivity index (χ4v) is 2.78. The highest BCUT2D eigenvalue weighted by Crippen LogP contribution is 2.22. The summed E-state index contributed by atoms with van der Waals surface area (Å²) < 4.78 is 5.37. The molecule has 1 fully saturated rings. The van der Waals surface area contributed by atoms with Gasteiger partial charge in [-0.1, -0.05) is 18.2 Å². The van der Waals surface area contributed by atoms with Gasteiger partial charge in [0.15, 0.2) is 0 Å². The highest BCUT2D eigenvalue weighted by atomic mass is 16.5. The van der Waals surface area contributed by atoms with Crippen molar-refractivity contribution in [1.29, 1.82) is 0 Å². The lowest BCUT2D eigenvalue weighted by molar-refractivity contribution is 0.222. The standard InChI is InChI=1S/C16H22N4O/c1-19-10-8-13(9-11-19)12-20(2)16-17-15(21-18-16)14-6-4-3-5-7-14/h3-7,13H,8-12H2,1-2H3. The van der Waals surface area contributed by atoms with Crippen molar-refractivity contribution in [3.63, 3.8) is 0 Å². The average Bonchev–Trinajstić information content (AvgIpc) is 3.00. The molecule has 1 saturated heterocycles. The zero-order valence-corrected chi connectivity index (χ0v) is 12.7. The molecule has 5 heteroatoms. The van der Waals surface area contributed by atoms with Crippen LogP contribution in [0.25, 0.3) is 11.5 Å². The summed E-state index contributed by atoms with van der Waals surface area (Å²) >= 11 is 0. The molecular formula is C16H22N4O. The van der Waals surface area contributed by atoms with Gasteiger partial charge in [-0.05, 0) is 56.2 Å². The van der Waals surface area contributed by atoms with Gasteiger partial charge in [-0.3, -0.25) is 0 Å². The summed E-state index contributed by atoms with van der Waals surface area (Å²) in [7, 11) is 4.23. The quantitative estimate of drug-likeness (QED) is 0.864. The number of aromatic nitrogens is 2. The highest BCUT2D eigenvalue weighted by Gasteiger charge is 2.20. The van der Waals surface area contributed by atoms with E-state index in [1.165, 1.54) is 25.9 Å². The molecule has 5 nitrogen and oxygen atoms in total. The summed E-state index contributed by atoms with van der Waals surface area (Å²) in [6, 6.07) is 9.89. The van der Waals surface area contributed by atoms with Gasteiger partial charge >= 0.3 is 0 Å². The van der Waals surface area contributed by atoms with E-state index in [9.17, 15) is 0 Å². The molecule has 0 spiro atoms. The van der Waals surface area contributed by atoms with Crippen LogP contribution in [-0.4, -0.2) is 48.8 Å². The van der Waals surface area contributed by atoms with Crippen LogP contribution in [0, 0.1) is 5.92 Å². The van der Waals surface area contributed by atoms with Gasteiger partial charge in [0.05, 0.1) is 0 Å². The Kier molecular flexibility index (Phi) is 4.20. The first-order valence-corrected chi connectivity index (χ1v) is 7.51. The van der Waals surface area contributed by atoms with E-state index in [4.69, 9.17) is 4.52 Å². The molecule has 0 radical (unpaired) electrons. The molecule has 112 valence electrons. The zero-order chi connectivity index (χ0) is 14.7. The zero-order valence-electron chi connectivity index (χ0n) is 12.7. The van der Waals surface area contributed by atoms with Gasteiger partial charge in [-0.2, -0.15) is 4.98 Å². The maximum Gasteiger partial charge on any atom is 0.266 e. The summed E-state index contributed by atoms with van der Waals surface area (Å²) in [6.07, 6.45) is 2.48. The van der Waals surface area contributed by atoms with Crippen molar-refractivity contribution in [2.75, 3.05) is 38.6 Å². The minimum Gasteiger partial charge on any atom is -0.341 e. The molecule has 0 amide bonds. The third-order valence-corrected chi connectivity index (χ3v) is 4.15. The molecule has 0 bridgehead atoms. The van der Waals surface area contributed by atoms with Crippen LogP contribution in [0.3, 0.4) is 0 Å². The van der Waals surface area contributed by atoms with Crippen molar-refractivity contribution in [2.24, 2.45) is 5.92 Å². The van der Waals surface area contributed by atoms with Gasteiger partial charge in [-0.25, -0.2) is 0 Å². The SMILES string of the molecule is CN1CCC(CN(C)c2noc(-c3ccccc3)n2)CC1. The molecule has 2 heterocycles.